The average molecular weight is 300 g/mol. The molecule has 0 unspecified atom stereocenters. The summed E-state index contributed by atoms with van der Waals surface area (Å²) in [7, 11) is 1.64. The SMILES string of the molecule is COCCOCCCNc1cc(OC(C)C)c(F)cc1N. The molecule has 0 heterocycles. The van der Waals surface area contributed by atoms with E-state index < -0.39 is 5.82 Å². The number of anilines is 2. The number of rotatable bonds is 10. The Bertz CT molecular complexity index is 428. The molecule has 120 valence electrons. The van der Waals surface area contributed by atoms with E-state index in [4.69, 9.17) is 19.9 Å². The van der Waals surface area contributed by atoms with Gasteiger partial charge >= 0.3 is 0 Å². The molecular formula is C15H25FN2O3. The highest BCUT2D eigenvalue weighted by atomic mass is 19.1. The lowest BCUT2D eigenvalue weighted by atomic mass is 10.2. The van der Waals surface area contributed by atoms with Gasteiger partial charge in [0.05, 0.1) is 30.7 Å². The van der Waals surface area contributed by atoms with Crippen LogP contribution >= 0.6 is 0 Å². The van der Waals surface area contributed by atoms with Gasteiger partial charge in [-0.15, -0.1) is 0 Å². The molecule has 0 spiro atoms. The number of hydrogen-bond donors (Lipinski definition) is 2. The van der Waals surface area contributed by atoms with Crippen LogP contribution in [0.25, 0.3) is 0 Å². The smallest absolute Gasteiger partial charge is 0.167 e. The normalized spacial score (nSPS) is 10.9. The number of halogens is 1. The highest BCUT2D eigenvalue weighted by Gasteiger charge is 2.10. The number of methoxy groups -OCH3 is 1. The molecular weight excluding hydrogens is 275 g/mol. The van der Waals surface area contributed by atoms with Gasteiger partial charge in [0.15, 0.2) is 11.6 Å². The number of hydrogen-bond acceptors (Lipinski definition) is 5. The highest BCUT2D eigenvalue weighted by molar-refractivity contribution is 5.68. The molecule has 0 aliphatic carbocycles. The summed E-state index contributed by atoms with van der Waals surface area (Å²) in [6.45, 7) is 6.19. The fraction of sp³-hybridized carbons (Fsp3) is 0.600. The molecule has 5 nitrogen and oxygen atoms in total. The van der Waals surface area contributed by atoms with Crippen LogP contribution in [0.15, 0.2) is 12.1 Å². The molecule has 0 aliphatic heterocycles. The molecule has 0 atom stereocenters. The van der Waals surface area contributed by atoms with Crippen LogP contribution < -0.4 is 15.8 Å². The standard InChI is InChI=1S/C15H25FN2O3/c1-11(2)21-15-10-14(13(17)9-12(15)16)18-5-4-6-20-8-7-19-3/h9-11,18H,4-8,17H2,1-3H3. The molecule has 6 heteroatoms. The third-order valence-corrected chi connectivity index (χ3v) is 2.68. The minimum absolute atomic E-state index is 0.0924. The van der Waals surface area contributed by atoms with Gasteiger partial charge in [0, 0.05) is 32.4 Å². The molecule has 0 saturated heterocycles. The molecule has 21 heavy (non-hydrogen) atoms. The summed E-state index contributed by atoms with van der Waals surface area (Å²) in [5.74, 6) is -0.243. The summed E-state index contributed by atoms with van der Waals surface area (Å²) in [5.41, 5.74) is 6.83. The van der Waals surface area contributed by atoms with Gasteiger partial charge < -0.3 is 25.3 Å². The molecule has 0 amide bonds. The van der Waals surface area contributed by atoms with Gasteiger partial charge in [0.1, 0.15) is 0 Å². The fourth-order valence-electron chi connectivity index (χ4n) is 1.71. The third-order valence-electron chi connectivity index (χ3n) is 2.68. The maximum atomic E-state index is 13.7. The molecule has 1 rings (SSSR count). The topological polar surface area (TPSA) is 65.7 Å². The first kappa shape index (κ1) is 17.5. The van der Waals surface area contributed by atoms with Gasteiger partial charge in [0.2, 0.25) is 0 Å². The lowest BCUT2D eigenvalue weighted by Crippen LogP contribution is -2.11. The van der Waals surface area contributed by atoms with Crippen molar-refractivity contribution in [1.82, 2.24) is 0 Å². The molecule has 1 aromatic rings. The Kier molecular flexibility index (Phi) is 7.85. The van der Waals surface area contributed by atoms with Crippen molar-refractivity contribution in [3.8, 4) is 5.75 Å². The van der Waals surface area contributed by atoms with Crippen LogP contribution in [-0.2, 0) is 9.47 Å². The largest absolute Gasteiger partial charge is 0.488 e. The van der Waals surface area contributed by atoms with E-state index in [1.165, 1.54) is 6.07 Å². The summed E-state index contributed by atoms with van der Waals surface area (Å²) in [6.07, 6.45) is 0.728. The predicted molar refractivity (Wildman–Crippen MR) is 82.4 cm³/mol. The fourth-order valence-corrected chi connectivity index (χ4v) is 1.71. The van der Waals surface area contributed by atoms with Gasteiger partial charge in [-0.3, -0.25) is 0 Å². The number of nitrogens with two attached hydrogens (primary N) is 1. The molecule has 1 aromatic carbocycles. The number of ether oxygens (including phenoxy) is 3. The van der Waals surface area contributed by atoms with Crippen molar-refractivity contribution in [2.75, 3.05) is 44.5 Å². The first-order chi connectivity index (χ1) is 10.0. The molecule has 0 aliphatic rings. The second-order valence-corrected chi connectivity index (χ2v) is 4.92. The van der Waals surface area contributed by atoms with Crippen molar-refractivity contribution in [1.29, 1.82) is 0 Å². The van der Waals surface area contributed by atoms with Gasteiger partial charge in [0.25, 0.3) is 0 Å². The maximum Gasteiger partial charge on any atom is 0.167 e. The number of nitrogen functional groups attached to an aromatic ring is 1. The monoisotopic (exact) mass is 300 g/mol. The van der Waals surface area contributed by atoms with Crippen molar-refractivity contribution in [2.45, 2.75) is 26.4 Å². The second kappa shape index (κ2) is 9.41. The van der Waals surface area contributed by atoms with Crippen molar-refractivity contribution >= 4 is 11.4 Å². The highest BCUT2D eigenvalue weighted by Crippen LogP contribution is 2.28. The van der Waals surface area contributed by atoms with Crippen LogP contribution in [0.1, 0.15) is 20.3 Å². The molecule has 0 fully saturated rings. The third kappa shape index (κ3) is 6.64. The second-order valence-electron chi connectivity index (χ2n) is 4.92. The Morgan fingerprint density at radius 1 is 1.24 bits per heavy atom. The van der Waals surface area contributed by atoms with Crippen molar-refractivity contribution in [3.63, 3.8) is 0 Å². The minimum atomic E-state index is -0.449. The van der Waals surface area contributed by atoms with Crippen LogP contribution in [0.3, 0.4) is 0 Å². The predicted octanol–water partition coefficient (Wildman–Crippen LogP) is 2.66. The van der Waals surface area contributed by atoms with Crippen LogP contribution in [0, 0.1) is 5.82 Å². The molecule has 3 N–H and O–H groups in total. The van der Waals surface area contributed by atoms with E-state index in [-0.39, 0.29) is 11.9 Å². The zero-order chi connectivity index (χ0) is 15.7. The van der Waals surface area contributed by atoms with Crippen LogP contribution in [0.5, 0.6) is 5.75 Å². The van der Waals surface area contributed by atoms with E-state index in [9.17, 15) is 4.39 Å². The molecule has 0 bridgehead atoms. The van der Waals surface area contributed by atoms with E-state index in [0.717, 1.165) is 6.42 Å². The minimum Gasteiger partial charge on any atom is -0.488 e. The quantitative estimate of drug-likeness (QED) is 0.514. The molecule has 0 saturated carbocycles. The van der Waals surface area contributed by atoms with Crippen molar-refractivity contribution in [2.24, 2.45) is 0 Å². The van der Waals surface area contributed by atoms with Gasteiger partial charge in [-0.25, -0.2) is 4.39 Å². The Labute approximate surface area is 125 Å². The lowest BCUT2D eigenvalue weighted by Gasteiger charge is -2.15. The summed E-state index contributed by atoms with van der Waals surface area (Å²) < 4.78 is 29.3. The molecule has 0 radical (unpaired) electrons. The zero-order valence-corrected chi connectivity index (χ0v) is 12.9. The van der Waals surface area contributed by atoms with E-state index in [0.29, 0.717) is 37.7 Å². The maximum absolute atomic E-state index is 13.7. The zero-order valence-electron chi connectivity index (χ0n) is 12.9. The Morgan fingerprint density at radius 2 is 2.00 bits per heavy atom. The van der Waals surface area contributed by atoms with Crippen molar-refractivity contribution < 1.29 is 18.6 Å². The first-order valence-corrected chi connectivity index (χ1v) is 7.10. The van der Waals surface area contributed by atoms with E-state index in [1.54, 1.807) is 13.2 Å². The average Bonchev–Trinajstić information content (AvgIpc) is 2.42. The summed E-state index contributed by atoms with van der Waals surface area (Å²) >= 11 is 0. The van der Waals surface area contributed by atoms with Gasteiger partial charge in [-0.05, 0) is 20.3 Å². The van der Waals surface area contributed by atoms with E-state index >= 15 is 0 Å². The summed E-state index contributed by atoms with van der Waals surface area (Å²) in [6, 6.07) is 2.87. The molecule has 0 aromatic heterocycles. The number of benzene rings is 1. The van der Waals surface area contributed by atoms with Crippen LogP contribution in [0.4, 0.5) is 15.8 Å². The lowest BCUT2D eigenvalue weighted by molar-refractivity contribution is 0.0705. The summed E-state index contributed by atoms with van der Waals surface area (Å²) in [5, 5.41) is 3.16. The first-order valence-electron chi connectivity index (χ1n) is 7.10. The Morgan fingerprint density at radius 3 is 2.67 bits per heavy atom. The van der Waals surface area contributed by atoms with E-state index in [2.05, 4.69) is 5.32 Å². The van der Waals surface area contributed by atoms with E-state index in [1.807, 2.05) is 13.8 Å². The summed E-state index contributed by atoms with van der Waals surface area (Å²) in [4.78, 5) is 0. The van der Waals surface area contributed by atoms with Crippen molar-refractivity contribution in [3.05, 3.63) is 17.9 Å². The van der Waals surface area contributed by atoms with Crippen LogP contribution in [0.2, 0.25) is 0 Å². The van der Waals surface area contributed by atoms with Gasteiger partial charge in [-0.2, -0.15) is 0 Å². The van der Waals surface area contributed by atoms with Crippen LogP contribution in [-0.4, -0.2) is 39.6 Å². The Balaban J connectivity index is 2.43. The Hall–Kier alpha value is -1.53. The number of nitrogens with one attached hydrogen (secondary N) is 1. The van der Waals surface area contributed by atoms with Gasteiger partial charge in [-0.1, -0.05) is 0 Å².